The highest BCUT2D eigenvalue weighted by Gasteiger charge is 2.08. The number of halogens is 1. The molecule has 0 radical (unpaired) electrons. The summed E-state index contributed by atoms with van der Waals surface area (Å²) in [4.78, 5) is 12.0. The first-order valence-corrected chi connectivity index (χ1v) is 7.71. The first kappa shape index (κ1) is 16.0. The van der Waals surface area contributed by atoms with Crippen LogP contribution in [-0.2, 0) is 11.3 Å². The van der Waals surface area contributed by atoms with Crippen molar-refractivity contribution in [2.45, 2.75) is 6.54 Å². The maximum atomic E-state index is 12.0. The van der Waals surface area contributed by atoms with Crippen LogP contribution in [0.4, 0.5) is 5.69 Å². The number of anilines is 1. The van der Waals surface area contributed by atoms with Gasteiger partial charge in [0.25, 0.3) is 5.91 Å². The van der Waals surface area contributed by atoms with E-state index in [1.54, 1.807) is 0 Å². The van der Waals surface area contributed by atoms with Crippen molar-refractivity contribution in [3.05, 3.63) is 75.5 Å². The Hall–Kier alpha value is -2.33. The molecule has 4 nitrogen and oxygen atoms in total. The molecular weight excluding hydrogens is 389 g/mol. The summed E-state index contributed by atoms with van der Waals surface area (Å²) in [6.45, 7) is 0.391. The zero-order valence-corrected chi connectivity index (χ0v) is 13.9. The Balaban J connectivity index is 1.95. The Bertz CT molecular complexity index is 703. The highest BCUT2D eigenvalue weighted by molar-refractivity contribution is 14.1. The van der Waals surface area contributed by atoms with Crippen molar-refractivity contribution in [2.75, 3.05) is 5.32 Å². The van der Waals surface area contributed by atoms with Crippen LogP contribution in [0.15, 0.2) is 66.4 Å². The van der Waals surface area contributed by atoms with Gasteiger partial charge in [0.2, 0.25) is 0 Å². The summed E-state index contributed by atoms with van der Waals surface area (Å²) in [6.07, 6.45) is 1.42. The standard InChI is InChI=1S/C17H14IN3O/c18-15-6-8-16(9-7-15)20-12-14(10-19)17(22)21-11-13-4-2-1-3-5-13/h1-9,12,20H,11H2,(H,21,22)/b14-12-. The Morgan fingerprint density at radius 1 is 1.14 bits per heavy atom. The molecule has 0 spiro atoms. The fraction of sp³-hybridized carbons (Fsp3) is 0.0588. The van der Waals surface area contributed by atoms with Crippen molar-refractivity contribution in [3.8, 4) is 6.07 Å². The first-order valence-electron chi connectivity index (χ1n) is 6.63. The summed E-state index contributed by atoms with van der Waals surface area (Å²) < 4.78 is 1.12. The molecule has 0 heterocycles. The lowest BCUT2D eigenvalue weighted by Gasteiger charge is -2.05. The van der Waals surface area contributed by atoms with Gasteiger partial charge in [-0.05, 0) is 52.4 Å². The fourth-order valence-electron chi connectivity index (χ4n) is 1.72. The molecule has 2 rings (SSSR count). The van der Waals surface area contributed by atoms with E-state index >= 15 is 0 Å². The number of hydrogen-bond donors (Lipinski definition) is 2. The van der Waals surface area contributed by atoms with Gasteiger partial charge >= 0.3 is 0 Å². The average Bonchev–Trinajstić information content (AvgIpc) is 2.56. The summed E-state index contributed by atoms with van der Waals surface area (Å²) in [7, 11) is 0. The maximum absolute atomic E-state index is 12.0. The molecule has 110 valence electrons. The molecule has 0 unspecified atom stereocenters. The van der Waals surface area contributed by atoms with Crippen molar-refractivity contribution in [1.82, 2.24) is 5.32 Å². The molecule has 0 bridgehead atoms. The van der Waals surface area contributed by atoms with Crippen molar-refractivity contribution in [3.63, 3.8) is 0 Å². The van der Waals surface area contributed by atoms with E-state index in [-0.39, 0.29) is 5.57 Å². The molecule has 2 aromatic rings. The van der Waals surface area contributed by atoms with E-state index in [0.29, 0.717) is 6.54 Å². The maximum Gasteiger partial charge on any atom is 0.263 e. The van der Waals surface area contributed by atoms with Crippen LogP contribution in [-0.4, -0.2) is 5.91 Å². The third-order valence-corrected chi connectivity index (χ3v) is 3.61. The number of amides is 1. The summed E-state index contributed by atoms with van der Waals surface area (Å²) in [5, 5.41) is 14.8. The third kappa shape index (κ3) is 4.90. The zero-order chi connectivity index (χ0) is 15.8. The largest absolute Gasteiger partial charge is 0.360 e. The normalized spacial score (nSPS) is 10.6. The lowest BCUT2D eigenvalue weighted by molar-refractivity contribution is -0.117. The third-order valence-electron chi connectivity index (χ3n) is 2.89. The molecule has 0 saturated carbocycles. The van der Waals surface area contributed by atoms with Crippen LogP contribution in [0.3, 0.4) is 0 Å². The quantitative estimate of drug-likeness (QED) is 0.457. The minimum atomic E-state index is -0.399. The van der Waals surface area contributed by atoms with Crippen LogP contribution in [0.25, 0.3) is 0 Å². The van der Waals surface area contributed by atoms with Gasteiger partial charge in [0.15, 0.2) is 0 Å². The van der Waals surface area contributed by atoms with Crippen LogP contribution in [0.1, 0.15) is 5.56 Å². The molecule has 22 heavy (non-hydrogen) atoms. The van der Waals surface area contributed by atoms with E-state index in [1.165, 1.54) is 6.20 Å². The van der Waals surface area contributed by atoms with Crippen LogP contribution in [0.5, 0.6) is 0 Å². The van der Waals surface area contributed by atoms with Crippen LogP contribution >= 0.6 is 22.6 Å². The molecule has 0 fully saturated rings. The number of benzene rings is 2. The van der Waals surface area contributed by atoms with Crippen LogP contribution in [0, 0.1) is 14.9 Å². The minimum Gasteiger partial charge on any atom is -0.360 e. The molecule has 5 heteroatoms. The predicted molar refractivity (Wildman–Crippen MR) is 94.8 cm³/mol. The van der Waals surface area contributed by atoms with Crippen LogP contribution in [0.2, 0.25) is 0 Å². The molecule has 0 aliphatic carbocycles. The van der Waals surface area contributed by atoms with Gasteiger partial charge in [-0.3, -0.25) is 4.79 Å². The van der Waals surface area contributed by atoms with E-state index in [0.717, 1.165) is 14.8 Å². The van der Waals surface area contributed by atoms with Crippen LogP contribution < -0.4 is 10.6 Å². The van der Waals surface area contributed by atoms with E-state index in [4.69, 9.17) is 5.26 Å². The molecule has 0 aliphatic rings. The highest BCUT2D eigenvalue weighted by atomic mass is 127. The molecule has 0 aromatic heterocycles. The van der Waals surface area contributed by atoms with Gasteiger partial charge in [0, 0.05) is 22.0 Å². The van der Waals surface area contributed by atoms with E-state index in [9.17, 15) is 4.79 Å². The number of nitrogens with one attached hydrogen (secondary N) is 2. The monoisotopic (exact) mass is 403 g/mol. The molecule has 1 amide bonds. The number of carbonyl (C=O) groups is 1. The average molecular weight is 403 g/mol. The molecule has 2 aromatic carbocycles. The molecule has 2 N–H and O–H groups in total. The van der Waals surface area contributed by atoms with Gasteiger partial charge in [-0.2, -0.15) is 5.26 Å². The van der Waals surface area contributed by atoms with Gasteiger partial charge in [-0.1, -0.05) is 30.3 Å². The first-order chi connectivity index (χ1) is 10.7. The van der Waals surface area contributed by atoms with E-state index in [1.807, 2.05) is 60.7 Å². The molecule has 0 aliphatic heterocycles. The summed E-state index contributed by atoms with van der Waals surface area (Å²) in [5.74, 6) is -0.399. The Morgan fingerprint density at radius 2 is 1.82 bits per heavy atom. The number of hydrogen-bond acceptors (Lipinski definition) is 3. The van der Waals surface area contributed by atoms with Gasteiger partial charge in [0.05, 0.1) is 0 Å². The summed E-state index contributed by atoms with van der Waals surface area (Å²) >= 11 is 2.21. The van der Waals surface area contributed by atoms with E-state index < -0.39 is 5.91 Å². The topological polar surface area (TPSA) is 64.9 Å². The highest BCUT2D eigenvalue weighted by Crippen LogP contribution is 2.11. The van der Waals surface area contributed by atoms with Gasteiger partial charge in [-0.25, -0.2) is 0 Å². The molecular formula is C17H14IN3O. The lowest BCUT2D eigenvalue weighted by atomic mass is 10.2. The minimum absolute atomic E-state index is 0.0366. The van der Waals surface area contributed by atoms with Gasteiger partial charge in [-0.15, -0.1) is 0 Å². The van der Waals surface area contributed by atoms with Crippen molar-refractivity contribution >= 4 is 34.2 Å². The number of rotatable bonds is 5. The number of nitrogens with zero attached hydrogens (tertiary/aromatic N) is 1. The Morgan fingerprint density at radius 3 is 2.45 bits per heavy atom. The zero-order valence-electron chi connectivity index (χ0n) is 11.7. The smallest absolute Gasteiger partial charge is 0.263 e. The summed E-state index contributed by atoms with van der Waals surface area (Å²) in [5.41, 5.74) is 1.84. The fourth-order valence-corrected chi connectivity index (χ4v) is 2.08. The molecule has 0 atom stereocenters. The Labute approximate surface area is 143 Å². The SMILES string of the molecule is N#C/C(=C/Nc1ccc(I)cc1)C(=O)NCc1ccccc1. The lowest BCUT2D eigenvalue weighted by Crippen LogP contribution is -2.24. The van der Waals surface area contributed by atoms with Crippen molar-refractivity contribution in [1.29, 1.82) is 5.26 Å². The van der Waals surface area contributed by atoms with Crippen molar-refractivity contribution < 1.29 is 4.79 Å². The van der Waals surface area contributed by atoms with Crippen molar-refractivity contribution in [2.24, 2.45) is 0 Å². The predicted octanol–water partition coefficient (Wildman–Crippen LogP) is 3.43. The van der Waals surface area contributed by atoms with Gasteiger partial charge < -0.3 is 10.6 Å². The number of nitriles is 1. The van der Waals surface area contributed by atoms with Gasteiger partial charge in [0.1, 0.15) is 11.6 Å². The summed E-state index contributed by atoms with van der Waals surface area (Å²) in [6, 6.07) is 19.1. The second-order valence-corrected chi connectivity index (χ2v) is 5.73. The van der Waals surface area contributed by atoms with E-state index in [2.05, 4.69) is 33.2 Å². The number of carbonyl (C=O) groups excluding carboxylic acids is 1. The molecule has 0 saturated heterocycles. The Kier molecular flexibility index (Phi) is 5.98. The second-order valence-electron chi connectivity index (χ2n) is 4.49. The second kappa shape index (κ2) is 8.20.